The molecule has 11 heavy (non-hydrogen) atoms. The molecule has 62 valence electrons. The highest BCUT2D eigenvalue weighted by Crippen LogP contribution is 1.94. The van der Waals surface area contributed by atoms with E-state index in [1.807, 2.05) is 6.92 Å². The van der Waals surface area contributed by atoms with Gasteiger partial charge in [-0.15, -0.1) is 0 Å². The summed E-state index contributed by atoms with van der Waals surface area (Å²) in [5, 5.41) is 3.29. The Kier molecular flexibility index (Phi) is 3.11. The first-order chi connectivity index (χ1) is 5.34. The third-order valence-corrected chi connectivity index (χ3v) is 1.85. The third kappa shape index (κ3) is 2.35. The van der Waals surface area contributed by atoms with Gasteiger partial charge < -0.3 is 10.2 Å². The van der Waals surface area contributed by atoms with E-state index in [9.17, 15) is 0 Å². The van der Waals surface area contributed by atoms with E-state index in [0.717, 1.165) is 32.0 Å². The van der Waals surface area contributed by atoms with E-state index in [0.29, 0.717) is 0 Å². The Morgan fingerprint density at radius 1 is 1.55 bits per heavy atom. The number of amidine groups is 1. The zero-order chi connectivity index (χ0) is 8.10. The summed E-state index contributed by atoms with van der Waals surface area (Å²) < 4.78 is 0. The number of aliphatic imine (C=N–C) groups is 1. The van der Waals surface area contributed by atoms with Crippen LogP contribution < -0.4 is 5.32 Å². The van der Waals surface area contributed by atoms with Gasteiger partial charge in [0.2, 0.25) is 0 Å². The second-order valence-electron chi connectivity index (χ2n) is 2.60. The van der Waals surface area contributed by atoms with Gasteiger partial charge in [-0.2, -0.15) is 0 Å². The highest BCUT2D eigenvalue weighted by molar-refractivity contribution is 5.80. The minimum atomic E-state index is 1.06. The molecule has 3 nitrogen and oxygen atoms in total. The fourth-order valence-electron chi connectivity index (χ4n) is 1.20. The van der Waals surface area contributed by atoms with E-state index >= 15 is 0 Å². The van der Waals surface area contributed by atoms with Gasteiger partial charge in [-0.1, -0.05) is 6.58 Å². The third-order valence-electron chi connectivity index (χ3n) is 1.85. The summed E-state index contributed by atoms with van der Waals surface area (Å²) in [6.45, 7) is 9.82. The number of rotatable bonds is 1. The Morgan fingerprint density at radius 3 is 2.73 bits per heavy atom. The van der Waals surface area contributed by atoms with Crippen LogP contribution in [0.3, 0.4) is 0 Å². The fourth-order valence-corrected chi connectivity index (χ4v) is 1.20. The van der Waals surface area contributed by atoms with Gasteiger partial charge in [0.25, 0.3) is 0 Å². The van der Waals surface area contributed by atoms with Crippen LogP contribution in [0.25, 0.3) is 0 Å². The Balaban J connectivity index is 2.44. The molecule has 0 unspecified atom stereocenters. The van der Waals surface area contributed by atoms with Crippen molar-refractivity contribution in [3.05, 3.63) is 12.8 Å². The topological polar surface area (TPSA) is 27.6 Å². The highest BCUT2D eigenvalue weighted by Gasteiger charge is 2.09. The zero-order valence-electron chi connectivity index (χ0n) is 7.01. The number of hydrogen-bond donors (Lipinski definition) is 1. The fraction of sp³-hybridized carbons (Fsp3) is 0.625. The van der Waals surface area contributed by atoms with Crippen LogP contribution in [0.1, 0.15) is 6.92 Å². The van der Waals surface area contributed by atoms with Gasteiger partial charge >= 0.3 is 0 Å². The van der Waals surface area contributed by atoms with Crippen LogP contribution in [0.4, 0.5) is 0 Å². The average molecular weight is 153 g/mol. The van der Waals surface area contributed by atoms with E-state index in [-0.39, 0.29) is 0 Å². The van der Waals surface area contributed by atoms with Crippen LogP contribution >= 0.6 is 0 Å². The molecule has 0 amide bonds. The molecule has 0 aromatic heterocycles. The van der Waals surface area contributed by atoms with Gasteiger partial charge in [-0.05, 0) is 6.92 Å². The van der Waals surface area contributed by atoms with E-state index in [2.05, 4.69) is 21.8 Å². The van der Waals surface area contributed by atoms with Crippen LogP contribution in [0.15, 0.2) is 17.8 Å². The molecule has 0 saturated carbocycles. The summed E-state index contributed by atoms with van der Waals surface area (Å²) in [5.41, 5.74) is 0. The second-order valence-corrected chi connectivity index (χ2v) is 2.60. The summed E-state index contributed by atoms with van der Waals surface area (Å²) in [6, 6.07) is 0. The summed E-state index contributed by atoms with van der Waals surface area (Å²) in [5.74, 6) is 1.07. The van der Waals surface area contributed by atoms with E-state index in [1.165, 1.54) is 0 Å². The number of nitrogens with zero attached hydrogens (tertiary/aromatic N) is 2. The normalized spacial score (nSPS) is 20.1. The lowest BCUT2D eigenvalue weighted by molar-refractivity contribution is 0.356. The van der Waals surface area contributed by atoms with Crippen molar-refractivity contribution in [3.8, 4) is 0 Å². The number of piperazine rings is 1. The second kappa shape index (κ2) is 4.13. The molecule has 1 rings (SSSR count). The molecule has 0 atom stereocenters. The minimum absolute atomic E-state index is 1.06. The molecule has 1 saturated heterocycles. The molecule has 1 aliphatic rings. The monoisotopic (exact) mass is 153 g/mol. The summed E-state index contributed by atoms with van der Waals surface area (Å²) in [6.07, 6.45) is 1.59. The standard InChI is InChI=1S/C8H15N3/c1-3-10-8(2)11-6-4-9-5-7-11/h3,9H,1,4-7H2,2H3. The maximum absolute atomic E-state index is 4.13. The Hall–Kier alpha value is -0.830. The van der Waals surface area contributed by atoms with Crippen molar-refractivity contribution in [1.82, 2.24) is 10.2 Å². The van der Waals surface area contributed by atoms with Crippen molar-refractivity contribution in [1.29, 1.82) is 0 Å². The summed E-state index contributed by atoms with van der Waals surface area (Å²) >= 11 is 0. The Labute approximate surface area is 67.8 Å². The molecule has 1 N–H and O–H groups in total. The quantitative estimate of drug-likeness (QED) is 0.437. The largest absolute Gasteiger partial charge is 0.358 e. The van der Waals surface area contributed by atoms with E-state index in [1.54, 1.807) is 6.20 Å². The molecule has 0 spiro atoms. The van der Waals surface area contributed by atoms with Gasteiger partial charge in [0.1, 0.15) is 5.84 Å². The predicted octanol–water partition coefficient (Wildman–Crippen LogP) is 0.454. The minimum Gasteiger partial charge on any atom is -0.358 e. The lowest BCUT2D eigenvalue weighted by Crippen LogP contribution is -2.45. The molecule has 3 heteroatoms. The van der Waals surface area contributed by atoms with Crippen molar-refractivity contribution in [2.45, 2.75) is 6.92 Å². The molecule has 0 bridgehead atoms. The Bertz CT molecular complexity index is 157. The lowest BCUT2D eigenvalue weighted by Gasteiger charge is -2.28. The van der Waals surface area contributed by atoms with Gasteiger partial charge in [-0.25, -0.2) is 4.99 Å². The van der Waals surface area contributed by atoms with Gasteiger partial charge in [-0.3, -0.25) is 0 Å². The smallest absolute Gasteiger partial charge is 0.101 e. The maximum Gasteiger partial charge on any atom is 0.101 e. The number of hydrogen-bond acceptors (Lipinski definition) is 2. The van der Waals surface area contributed by atoms with Gasteiger partial charge in [0.15, 0.2) is 0 Å². The molecule has 1 heterocycles. The van der Waals surface area contributed by atoms with Gasteiger partial charge in [0, 0.05) is 32.4 Å². The molecule has 0 aromatic rings. The molecular formula is C8H15N3. The lowest BCUT2D eigenvalue weighted by atomic mass is 10.3. The first kappa shape index (κ1) is 8.27. The van der Waals surface area contributed by atoms with Crippen LogP contribution in [-0.4, -0.2) is 36.9 Å². The van der Waals surface area contributed by atoms with Crippen LogP contribution in [-0.2, 0) is 0 Å². The maximum atomic E-state index is 4.13. The van der Waals surface area contributed by atoms with Crippen molar-refractivity contribution in [2.75, 3.05) is 26.2 Å². The molecule has 1 fully saturated rings. The molecular weight excluding hydrogens is 138 g/mol. The summed E-state index contributed by atoms with van der Waals surface area (Å²) in [4.78, 5) is 6.39. The van der Waals surface area contributed by atoms with Crippen molar-refractivity contribution in [3.63, 3.8) is 0 Å². The Morgan fingerprint density at radius 2 is 2.18 bits per heavy atom. The summed E-state index contributed by atoms with van der Waals surface area (Å²) in [7, 11) is 0. The highest BCUT2D eigenvalue weighted by atomic mass is 15.2. The van der Waals surface area contributed by atoms with Crippen LogP contribution in [0.5, 0.6) is 0 Å². The van der Waals surface area contributed by atoms with E-state index < -0.39 is 0 Å². The molecule has 0 radical (unpaired) electrons. The van der Waals surface area contributed by atoms with Crippen molar-refractivity contribution in [2.24, 2.45) is 4.99 Å². The predicted molar refractivity (Wildman–Crippen MR) is 47.7 cm³/mol. The molecule has 1 aliphatic heterocycles. The van der Waals surface area contributed by atoms with E-state index in [4.69, 9.17) is 0 Å². The first-order valence-corrected chi connectivity index (χ1v) is 3.95. The van der Waals surface area contributed by atoms with Crippen molar-refractivity contribution >= 4 is 5.84 Å². The molecule has 0 aromatic carbocycles. The average Bonchev–Trinajstić information content (AvgIpc) is 2.07. The molecule has 0 aliphatic carbocycles. The first-order valence-electron chi connectivity index (χ1n) is 3.95. The number of nitrogens with one attached hydrogen (secondary N) is 1. The zero-order valence-corrected chi connectivity index (χ0v) is 7.01. The van der Waals surface area contributed by atoms with Crippen molar-refractivity contribution < 1.29 is 0 Å². The van der Waals surface area contributed by atoms with Crippen LogP contribution in [0.2, 0.25) is 0 Å². The van der Waals surface area contributed by atoms with Gasteiger partial charge in [0.05, 0.1) is 0 Å². The SMILES string of the molecule is C=CN=C(C)N1CCNCC1. The van der Waals surface area contributed by atoms with Crippen LogP contribution in [0, 0.1) is 0 Å².